The summed E-state index contributed by atoms with van der Waals surface area (Å²) in [5.41, 5.74) is 0.387. The third-order valence-corrected chi connectivity index (χ3v) is 3.60. The van der Waals surface area contributed by atoms with Gasteiger partial charge in [0.15, 0.2) is 0 Å². The topological polar surface area (TPSA) is 54.5 Å². The van der Waals surface area contributed by atoms with Crippen LogP contribution in [0.15, 0.2) is 16.7 Å². The average molecular weight is 349 g/mol. The molecule has 7 heteroatoms. The van der Waals surface area contributed by atoms with E-state index in [1.807, 2.05) is 0 Å². The van der Waals surface area contributed by atoms with E-state index in [0.29, 0.717) is 12.1 Å². The van der Waals surface area contributed by atoms with E-state index in [4.69, 9.17) is 16.3 Å². The minimum absolute atomic E-state index is 0.202. The molecular formula is C12H15BrClN3O2. The maximum Gasteiger partial charge on any atom is 0.254 e. The summed E-state index contributed by atoms with van der Waals surface area (Å²) >= 11 is 9.17. The fraction of sp³-hybridized carbons (Fsp3) is 0.500. The van der Waals surface area contributed by atoms with Crippen LogP contribution in [0.1, 0.15) is 10.4 Å². The molecule has 0 bridgehead atoms. The van der Waals surface area contributed by atoms with Crippen LogP contribution in [-0.2, 0) is 4.74 Å². The van der Waals surface area contributed by atoms with E-state index in [1.165, 1.54) is 0 Å². The van der Waals surface area contributed by atoms with Crippen molar-refractivity contribution in [1.82, 2.24) is 15.2 Å². The second-order valence-electron chi connectivity index (χ2n) is 4.20. The molecule has 0 aliphatic carbocycles. The summed E-state index contributed by atoms with van der Waals surface area (Å²) in [7, 11) is 0. The molecular weight excluding hydrogens is 334 g/mol. The van der Waals surface area contributed by atoms with E-state index in [0.717, 1.165) is 37.3 Å². The van der Waals surface area contributed by atoms with Crippen molar-refractivity contribution in [2.45, 2.75) is 0 Å². The minimum Gasteiger partial charge on any atom is -0.379 e. The zero-order valence-electron chi connectivity index (χ0n) is 10.4. The molecule has 0 saturated carbocycles. The van der Waals surface area contributed by atoms with E-state index >= 15 is 0 Å². The maximum absolute atomic E-state index is 12.0. The number of hydrogen-bond acceptors (Lipinski definition) is 4. The van der Waals surface area contributed by atoms with Crippen molar-refractivity contribution in [3.05, 3.63) is 27.5 Å². The number of aromatic nitrogens is 1. The molecule has 2 rings (SSSR count). The highest BCUT2D eigenvalue weighted by Gasteiger charge is 2.13. The number of nitrogens with zero attached hydrogens (tertiary/aromatic N) is 2. The summed E-state index contributed by atoms with van der Waals surface area (Å²) in [6.07, 6.45) is 1.56. The lowest BCUT2D eigenvalue weighted by Crippen LogP contribution is -2.41. The summed E-state index contributed by atoms with van der Waals surface area (Å²) in [5.74, 6) is -0.202. The lowest BCUT2D eigenvalue weighted by Gasteiger charge is -2.26. The van der Waals surface area contributed by atoms with E-state index < -0.39 is 0 Å². The minimum atomic E-state index is -0.202. The number of morpholine rings is 1. The molecule has 1 saturated heterocycles. The molecule has 1 aliphatic heterocycles. The number of carbonyl (C=O) groups excluding carboxylic acids is 1. The summed E-state index contributed by atoms with van der Waals surface area (Å²) < 4.78 is 6.00. The van der Waals surface area contributed by atoms with Gasteiger partial charge in [-0.15, -0.1) is 0 Å². The van der Waals surface area contributed by atoms with Gasteiger partial charge in [0, 0.05) is 36.8 Å². The molecule has 0 atom stereocenters. The Morgan fingerprint density at radius 1 is 1.53 bits per heavy atom. The molecule has 5 nitrogen and oxygen atoms in total. The first-order chi connectivity index (χ1) is 9.16. The van der Waals surface area contributed by atoms with Gasteiger partial charge in [0.05, 0.1) is 18.8 Å². The maximum atomic E-state index is 12.0. The van der Waals surface area contributed by atoms with Crippen LogP contribution in [0, 0.1) is 0 Å². The first-order valence-electron chi connectivity index (χ1n) is 6.06. The Hall–Kier alpha value is -0.690. The van der Waals surface area contributed by atoms with Crippen LogP contribution in [0.2, 0.25) is 5.15 Å². The van der Waals surface area contributed by atoms with Gasteiger partial charge >= 0.3 is 0 Å². The fourth-order valence-corrected chi connectivity index (χ4v) is 2.35. The van der Waals surface area contributed by atoms with Crippen LogP contribution in [0.5, 0.6) is 0 Å². The van der Waals surface area contributed by atoms with Gasteiger partial charge in [0.1, 0.15) is 5.15 Å². The van der Waals surface area contributed by atoms with E-state index in [2.05, 4.69) is 31.1 Å². The summed E-state index contributed by atoms with van der Waals surface area (Å²) in [6.45, 7) is 4.74. The van der Waals surface area contributed by atoms with Crippen LogP contribution in [0.3, 0.4) is 0 Å². The van der Waals surface area contributed by atoms with Crippen LogP contribution in [-0.4, -0.2) is 55.2 Å². The SMILES string of the molecule is O=C(NCCN1CCOCC1)c1cc(Br)cnc1Cl. The van der Waals surface area contributed by atoms with Crippen molar-refractivity contribution < 1.29 is 9.53 Å². The van der Waals surface area contributed by atoms with Gasteiger partial charge in [-0.05, 0) is 22.0 Å². The van der Waals surface area contributed by atoms with E-state index in [-0.39, 0.29) is 11.1 Å². The number of pyridine rings is 1. The second-order valence-corrected chi connectivity index (χ2v) is 5.48. The molecule has 1 fully saturated rings. The fourth-order valence-electron chi connectivity index (χ4n) is 1.83. The summed E-state index contributed by atoms with van der Waals surface area (Å²) in [4.78, 5) is 18.1. The normalized spacial score (nSPS) is 16.3. The molecule has 1 aromatic heterocycles. The molecule has 104 valence electrons. The number of rotatable bonds is 4. The molecule has 1 amide bonds. The predicted molar refractivity (Wildman–Crippen MR) is 76.5 cm³/mol. The Morgan fingerprint density at radius 3 is 3.00 bits per heavy atom. The van der Waals surface area contributed by atoms with Crippen molar-refractivity contribution in [3.8, 4) is 0 Å². The van der Waals surface area contributed by atoms with Crippen LogP contribution < -0.4 is 5.32 Å². The zero-order valence-corrected chi connectivity index (χ0v) is 12.7. The number of halogens is 2. The number of carbonyl (C=O) groups is 1. The third-order valence-electron chi connectivity index (χ3n) is 2.87. The Morgan fingerprint density at radius 2 is 2.26 bits per heavy atom. The van der Waals surface area contributed by atoms with Gasteiger partial charge in [-0.2, -0.15) is 0 Å². The molecule has 2 heterocycles. The van der Waals surface area contributed by atoms with Crippen molar-refractivity contribution in [1.29, 1.82) is 0 Å². The van der Waals surface area contributed by atoms with Gasteiger partial charge in [0.25, 0.3) is 5.91 Å². The molecule has 0 spiro atoms. The van der Waals surface area contributed by atoms with E-state index in [1.54, 1.807) is 12.3 Å². The number of hydrogen-bond donors (Lipinski definition) is 1. The third kappa shape index (κ3) is 4.42. The van der Waals surface area contributed by atoms with Crippen LogP contribution >= 0.6 is 27.5 Å². The van der Waals surface area contributed by atoms with Gasteiger partial charge in [-0.25, -0.2) is 4.98 Å². The zero-order chi connectivity index (χ0) is 13.7. The van der Waals surface area contributed by atoms with Crippen LogP contribution in [0.25, 0.3) is 0 Å². The number of nitrogens with one attached hydrogen (secondary N) is 1. The lowest BCUT2D eigenvalue weighted by atomic mass is 10.2. The van der Waals surface area contributed by atoms with Gasteiger partial charge < -0.3 is 10.1 Å². The largest absolute Gasteiger partial charge is 0.379 e. The van der Waals surface area contributed by atoms with Gasteiger partial charge in [-0.1, -0.05) is 11.6 Å². The molecule has 0 unspecified atom stereocenters. The van der Waals surface area contributed by atoms with Crippen molar-refractivity contribution in [3.63, 3.8) is 0 Å². The van der Waals surface area contributed by atoms with Crippen molar-refractivity contribution in [2.24, 2.45) is 0 Å². The monoisotopic (exact) mass is 347 g/mol. The van der Waals surface area contributed by atoms with Gasteiger partial charge in [0.2, 0.25) is 0 Å². The lowest BCUT2D eigenvalue weighted by molar-refractivity contribution is 0.0383. The quantitative estimate of drug-likeness (QED) is 0.839. The first kappa shape index (κ1) is 14.7. The van der Waals surface area contributed by atoms with Crippen molar-refractivity contribution >= 4 is 33.4 Å². The Balaban J connectivity index is 1.82. The predicted octanol–water partition coefficient (Wildman–Crippen LogP) is 1.56. The summed E-state index contributed by atoms with van der Waals surface area (Å²) in [5, 5.41) is 3.06. The number of amides is 1. The van der Waals surface area contributed by atoms with Gasteiger partial charge in [-0.3, -0.25) is 9.69 Å². The Labute approximate surface area is 125 Å². The molecule has 1 N–H and O–H groups in total. The smallest absolute Gasteiger partial charge is 0.254 e. The molecule has 1 aromatic rings. The average Bonchev–Trinajstić information content (AvgIpc) is 2.42. The molecule has 0 aromatic carbocycles. The highest BCUT2D eigenvalue weighted by atomic mass is 79.9. The highest BCUT2D eigenvalue weighted by molar-refractivity contribution is 9.10. The second kappa shape index (κ2) is 7.19. The first-order valence-corrected chi connectivity index (χ1v) is 7.23. The summed E-state index contributed by atoms with van der Waals surface area (Å²) in [6, 6.07) is 1.67. The number of ether oxygens (including phenoxy) is 1. The standard InChI is InChI=1S/C12H15BrClN3O2/c13-9-7-10(11(14)16-8-9)12(18)15-1-2-17-3-5-19-6-4-17/h7-8H,1-6H2,(H,15,18). The highest BCUT2D eigenvalue weighted by Crippen LogP contribution is 2.17. The van der Waals surface area contributed by atoms with Crippen LogP contribution in [0.4, 0.5) is 0 Å². The van der Waals surface area contributed by atoms with E-state index in [9.17, 15) is 4.79 Å². The van der Waals surface area contributed by atoms with Crippen molar-refractivity contribution in [2.75, 3.05) is 39.4 Å². The molecule has 19 heavy (non-hydrogen) atoms. The Kier molecular flexibility index (Phi) is 5.57. The molecule has 0 radical (unpaired) electrons. The molecule has 1 aliphatic rings. The Bertz CT molecular complexity index is 453.